The van der Waals surface area contributed by atoms with Crippen molar-refractivity contribution in [1.29, 1.82) is 0 Å². The second-order valence-electron chi connectivity index (χ2n) is 6.90. The van der Waals surface area contributed by atoms with E-state index in [1.807, 2.05) is 37.3 Å². The molecule has 0 amide bonds. The Morgan fingerprint density at radius 2 is 1.79 bits per heavy atom. The van der Waals surface area contributed by atoms with E-state index in [9.17, 15) is 8.42 Å². The Bertz CT molecular complexity index is 925. The molecule has 8 nitrogen and oxygen atoms in total. The predicted molar refractivity (Wildman–Crippen MR) is 106 cm³/mol. The smallest absolute Gasteiger partial charge is 0.231 e. The first-order chi connectivity index (χ1) is 13.6. The van der Waals surface area contributed by atoms with Crippen LogP contribution >= 0.6 is 0 Å². The maximum absolute atomic E-state index is 12.3. The van der Waals surface area contributed by atoms with Crippen LogP contribution in [0.15, 0.2) is 30.3 Å². The zero-order valence-corrected chi connectivity index (χ0v) is 16.7. The van der Waals surface area contributed by atoms with Crippen LogP contribution in [0.4, 0.5) is 5.82 Å². The van der Waals surface area contributed by atoms with Crippen molar-refractivity contribution in [2.75, 3.05) is 43.6 Å². The van der Waals surface area contributed by atoms with Crippen LogP contribution in [-0.2, 0) is 10.0 Å². The summed E-state index contributed by atoms with van der Waals surface area (Å²) in [5, 5.41) is 8.68. The zero-order chi connectivity index (χ0) is 19.6. The molecule has 0 atom stereocenters. The van der Waals surface area contributed by atoms with E-state index in [-0.39, 0.29) is 12.5 Å². The number of aromatic nitrogens is 2. The third-order valence-corrected chi connectivity index (χ3v) is 6.99. The fourth-order valence-electron chi connectivity index (χ4n) is 3.35. The number of rotatable bonds is 6. The summed E-state index contributed by atoms with van der Waals surface area (Å²) in [6, 6.07) is 9.53. The summed E-state index contributed by atoms with van der Waals surface area (Å²) in [5.41, 5.74) is 1.66. The topological polar surface area (TPSA) is 84.9 Å². The van der Waals surface area contributed by atoms with Crippen molar-refractivity contribution in [3.63, 3.8) is 0 Å². The molecule has 1 fully saturated rings. The number of unbranched alkanes of at least 4 members (excludes halogenated alkanes) is 1. The van der Waals surface area contributed by atoms with E-state index in [4.69, 9.17) is 9.47 Å². The number of sulfonamides is 1. The van der Waals surface area contributed by atoms with E-state index in [0.717, 1.165) is 29.2 Å². The lowest BCUT2D eigenvalue weighted by molar-refractivity contribution is 0.174. The third-order valence-electron chi connectivity index (χ3n) is 5.03. The van der Waals surface area contributed by atoms with Crippen LogP contribution in [0.25, 0.3) is 11.3 Å². The Labute approximate surface area is 165 Å². The normalized spacial score (nSPS) is 17.1. The van der Waals surface area contributed by atoms with Crippen molar-refractivity contribution < 1.29 is 17.9 Å². The van der Waals surface area contributed by atoms with Gasteiger partial charge in [0.15, 0.2) is 17.3 Å². The van der Waals surface area contributed by atoms with Crippen molar-refractivity contribution >= 4 is 15.8 Å². The summed E-state index contributed by atoms with van der Waals surface area (Å²) in [6.45, 7) is 4.44. The zero-order valence-electron chi connectivity index (χ0n) is 15.9. The molecule has 28 heavy (non-hydrogen) atoms. The minimum atomic E-state index is -3.15. The number of piperazine rings is 1. The number of nitrogens with zero attached hydrogens (tertiary/aromatic N) is 4. The molecule has 0 aliphatic carbocycles. The number of anilines is 1. The van der Waals surface area contributed by atoms with Gasteiger partial charge in [-0.15, -0.1) is 10.2 Å². The molecular formula is C19H24N4O4S. The molecule has 1 saturated heterocycles. The van der Waals surface area contributed by atoms with Gasteiger partial charge >= 0.3 is 0 Å². The number of fused-ring (bicyclic) bond motifs is 1. The van der Waals surface area contributed by atoms with Crippen molar-refractivity contribution in [1.82, 2.24) is 14.5 Å². The number of hydrogen-bond donors (Lipinski definition) is 0. The van der Waals surface area contributed by atoms with Gasteiger partial charge in [-0.3, -0.25) is 0 Å². The second-order valence-corrected chi connectivity index (χ2v) is 8.99. The summed E-state index contributed by atoms with van der Waals surface area (Å²) in [5.74, 6) is 2.44. The maximum Gasteiger partial charge on any atom is 0.231 e. The van der Waals surface area contributed by atoms with Gasteiger partial charge in [0, 0.05) is 31.7 Å². The van der Waals surface area contributed by atoms with Crippen LogP contribution < -0.4 is 14.4 Å². The molecule has 0 N–H and O–H groups in total. The fourth-order valence-corrected chi connectivity index (χ4v) is 4.99. The average Bonchev–Trinajstić information content (AvgIpc) is 3.20. The molecule has 2 aliphatic heterocycles. The Morgan fingerprint density at radius 3 is 2.50 bits per heavy atom. The van der Waals surface area contributed by atoms with Crippen LogP contribution in [0.3, 0.4) is 0 Å². The Balaban J connectivity index is 1.40. The first-order valence-electron chi connectivity index (χ1n) is 9.53. The highest BCUT2D eigenvalue weighted by atomic mass is 32.2. The van der Waals surface area contributed by atoms with Crippen molar-refractivity contribution in [2.45, 2.75) is 19.8 Å². The molecule has 9 heteroatoms. The monoisotopic (exact) mass is 404 g/mol. The highest BCUT2D eigenvalue weighted by Gasteiger charge is 2.27. The van der Waals surface area contributed by atoms with E-state index >= 15 is 0 Å². The molecular weight excluding hydrogens is 380 g/mol. The molecule has 4 rings (SSSR count). The van der Waals surface area contributed by atoms with E-state index in [1.54, 1.807) is 4.31 Å². The predicted octanol–water partition coefficient (Wildman–Crippen LogP) is 2.12. The average molecular weight is 404 g/mol. The van der Waals surface area contributed by atoms with Gasteiger partial charge in [0.25, 0.3) is 0 Å². The van der Waals surface area contributed by atoms with Crippen LogP contribution in [0.1, 0.15) is 19.8 Å². The molecule has 0 spiro atoms. The van der Waals surface area contributed by atoms with Gasteiger partial charge < -0.3 is 14.4 Å². The summed E-state index contributed by atoms with van der Waals surface area (Å²) in [6.07, 6.45) is 1.58. The van der Waals surface area contributed by atoms with E-state index in [0.29, 0.717) is 38.3 Å². The van der Waals surface area contributed by atoms with Gasteiger partial charge in [0.2, 0.25) is 16.8 Å². The first kappa shape index (κ1) is 18.9. The molecule has 2 aromatic rings. The van der Waals surface area contributed by atoms with Crippen molar-refractivity contribution in [3.8, 4) is 22.8 Å². The lowest BCUT2D eigenvalue weighted by Gasteiger charge is -2.34. The molecule has 0 bridgehead atoms. The molecule has 3 heterocycles. The van der Waals surface area contributed by atoms with Gasteiger partial charge in [0.05, 0.1) is 11.4 Å². The molecule has 1 aromatic carbocycles. The summed E-state index contributed by atoms with van der Waals surface area (Å²) in [4.78, 5) is 2.07. The highest BCUT2D eigenvalue weighted by Crippen LogP contribution is 2.35. The summed E-state index contributed by atoms with van der Waals surface area (Å²) < 4.78 is 37.0. The Hall–Kier alpha value is -2.39. The van der Waals surface area contributed by atoms with E-state index < -0.39 is 10.0 Å². The van der Waals surface area contributed by atoms with Crippen molar-refractivity contribution in [2.24, 2.45) is 0 Å². The van der Waals surface area contributed by atoms with Gasteiger partial charge in [-0.25, -0.2) is 8.42 Å². The Morgan fingerprint density at radius 1 is 1.00 bits per heavy atom. The second kappa shape index (κ2) is 7.92. The molecule has 2 aliphatic rings. The van der Waals surface area contributed by atoms with Crippen LogP contribution in [0, 0.1) is 0 Å². The standard InChI is InChI=1S/C19H24N4O4S/c1-2-3-12-28(24,25)23-10-8-22(9-11-23)19-7-5-16(20-21-19)15-4-6-17-18(13-15)27-14-26-17/h4-7,13H,2-3,8-12,14H2,1H3. The summed E-state index contributed by atoms with van der Waals surface area (Å²) >= 11 is 0. The van der Waals surface area contributed by atoms with Gasteiger partial charge in [-0.2, -0.15) is 4.31 Å². The quantitative estimate of drug-likeness (QED) is 0.729. The fraction of sp³-hybridized carbons (Fsp3) is 0.474. The number of benzene rings is 1. The molecule has 0 saturated carbocycles. The van der Waals surface area contributed by atoms with Gasteiger partial charge in [-0.05, 0) is 36.8 Å². The van der Waals surface area contributed by atoms with Crippen molar-refractivity contribution in [3.05, 3.63) is 30.3 Å². The third kappa shape index (κ3) is 3.90. The lowest BCUT2D eigenvalue weighted by Crippen LogP contribution is -2.49. The minimum absolute atomic E-state index is 0.230. The van der Waals surface area contributed by atoms with E-state index in [1.165, 1.54) is 0 Å². The van der Waals surface area contributed by atoms with Gasteiger partial charge in [0.1, 0.15) is 0 Å². The van der Waals surface area contributed by atoms with E-state index in [2.05, 4.69) is 15.1 Å². The minimum Gasteiger partial charge on any atom is -0.454 e. The maximum atomic E-state index is 12.3. The van der Waals surface area contributed by atoms with Crippen LogP contribution in [0.5, 0.6) is 11.5 Å². The van der Waals surface area contributed by atoms with Crippen LogP contribution in [0.2, 0.25) is 0 Å². The number of ether oxygens (including phenoxy) is 2. The van der Waals surface area contributed by atoms with Crippen LogP contribution in [-0.4, -0.2) is 61.6 Å². The first-order valence-corrected chi connectivity index (χ1v) is 11.1. The molecule has 150 valence electrons. The highest BCUT2D eigenvalue weighted by molar-refractivity contribution is 7.89. The SMILES string of the molecule is CCCCS(=O)(=O)N1CCN(c2ccc(-c3ccc4c(c3)OCO4)nn2)CC1. The number of hydrogen-bond acceptors (Lipinski definition) is 7. The molecule has 1 aromatic heterocycles. The lowest BCUT2D eigenvalue weighted by atomic mass is 10.1. The Kier molecular flexibility index (Phi) is 5.36. The molecule has 0 radical (unpaired) electrons. The molecule has 0 unspecified atom stereocenters. The van der Waals surface area contributed by atoms with Gasteiger partial charge in [-0.1, -0.05) is 13.3 Å². The summed E-state index contributed by atoms with van der Waals surface area (Å²) in [7, 11) is -3.15. The largest absolute Gasteiger partial charge is 0.454 e.